The quantitative estimate of drug-likeness (QED) is 0.600. The summed E-state index contributed by atoms with van der Waals surface area (Å²) in [5, 5.41) is 2.81. The van der Waals surface area contributed by atoms with Crippen molar-refractivity contribution in [2.24, 2.45) is 0 Å². The summed E-state index contributed by atoms with van der Waals surface area (Å²) in [5.41, 5.74) is 1.88. The number of carbonyl (C=O) groups is 1. The third kappa shape index (κ3) is 5.03. The summed E-state index contributed by atoms with van der Waals surface area (Å²) in [5.74, 6) is 2.16. The van der Waals surface area contributed by atoms with E-state index in [9.17, 15) is 4.79 Å². The minimum Gasteiger partial charge on any atom is -0.497 e. The first-order valence-corrected chi connectivity index (χ1v) is 9.00. The first-order valence-electron chi connectivity index (χ1n) is 9.00. The second-order valence-electron chi connectivity index (χ2n) is 7.03. The van der Waals surface area contributed by atoms with Crippen LogP contribution in [0.15, 0.2) is 48.5 Å². The van der Waals surface area contributed by atoms with Crippen LogP contribution >= 0.6 is 0 Å². The maximum absolute atomic E-state index is 11.9. The predicted octanol–water partition coefficient (Wildman–Crippen LogP) is 3.62. The van der Waals surface area contributed by atoms with Crippen LogP contribution in [0.5, 0.6) is 17.2 Å². The van der Waals surface area contributed by atoms with Gasteiger partial charge in [-0.1, -0.05) is 24.3 Å². The average Bonchev–Trinajstić information content (AvgIpc) is 2.98. The Kier molecular flexibility index (Phi) is 5.69. The molecule has 142 valence electrons. The first kappa shape index (κ1) is 18.8. The largest absolute Gasteiger partial charge is 0.497 e. The highest BCUT2D eigenvalue weighted by Gasteiger charge is 2.32. The Labute approximate surface area is 159 Å². The lowest BCUT2D eigenvalue weighted by molar-refractivity contribution is -0.116. The van der Waals surface area contributed by atoms with Crippen LogP contribution in [0, 0.1) is 0 Å². The highest BCUT2D eigenvalue weighted by Crippen LogP contribution is 2.41. The van der Waals surface area contributed by atoms with E-state index in [0.717, 1.165) is 34.8 Å². The van der Waals surface area contributed by atoms with E-state index in [2.05, 4.69) is 25.2 Å². The van der Waals surface area contributed by atoms with E-state index in [1.165, 1.54) is 6.08 Å². The molecule has 5 nitrogen and oxygen atoms in total. The minimum atomic E-state index is -0.206. The molecule has 2 aromatic carbocycles. The number of hydrogen-bond acceptors (Lipinski definition) is 4. The lowest BCUT2D eigenvalue weighted by atomic mass is 10.0. The maximum Gasteiger partial charge on any atom is 0.244 e. The second-order valence-corrected chi connectivity index (χ2v) is 7.03. The molecule has 3 rings (SSSR count). The Hall–Kier alpha value is -2.95. The normalized spacial score (nSPS) is 14.5. The third-order valence-electron chi connectivity index (χ3n) is 4.26. The second kappa shape index (κ2) is 8.16. The standard InChI is InChI=1S/C22H25NO4/c1-22(2)15-17-5-4-6-19(21(17)27-22)26-14-13-23-20(24)12-9-16-7-10-18(25-3)11-8-16/h4-12H,13-15H2,1-3H3,(H,23,24)/b12-9+. The van der Waals surface area contributed by atoms with Gasteiger partial charge in [0.25, 0.3) is 0 Å². The van der Waals surface area contributed by atoms with Gasteiger partial charge >= 0.3 is 0 Å². The monoisotopic (exact) mass is 367 g/mol. The highest BCUT2D eigenvalue weighted by molar-refractivity contribution is 5.91. The van der Waals surface area contributed by atoms with Crippen molar-refractivity contribution in [1.29, 1.82) is 0 Å². The zero-order valence-corrected chi connectivity index (χ0v) is 16.0. The summed E-state index contributed by atoms with van der Waals surface area (Å²) in [4.78, 5) is 11.9. The molecule has 0 atom stereocenters. The van der Waals surface area contributed by atoms with Crippen LogP contribution in [0.1, 0.15) is 25.0 Å². The van der Waals surface area contributed by atoms with Gasteiger partial charge in [0.05, 0.1) is 13.7 Å². The number of amides is 1. The molecule has 1 aliphatic rings. The van der Waals surface area contributed by atoms with Crippen molar-refractivity contribution in [1.82, 2.24) is 5.32 Å². The van der Waals surface area contributed by atoms with Gasteiger partial charge in [-0.15, -0.1) is 0 Å². The molecule has 0 radical (unpaired) electrons. The van der Waals surface area contributed by atoms with Crippen LogP contribution < -0.4 is 19.5 Å². The van der Waals surface area contributed by atoms with Crippen molar-refractivity contribution in [2.75, 3.05) is 20.3 Å². The van der Waals surface area contributed by atoms with E-state index in [4.69, 9.17) is 14.2 Å². The Morgan fingerprint density at radius 2 is 2.00 bits per heavy atom. The van der Waals surface area contributed by atoms with E-state index in [1.54, 1.807) is 13.2 Å². The van der Waals surface area contributed by atoms with E-state index in [0.29, 0.717) is 13.2 Å². The van der Waals surface area contributed by atoms with Crippen LogP contribution in [0.2, 0.25) is 0 Å². The molecule has 1 amide bonds. The van der Waals surface area contributed by atoms with Gasteiger partial charge in [-0.05, 0) is 43.7 Å². The molecule has 1 N–H and O–H groups in total. The molecule has 0 saturated heterocycles. The molecule has 5 heteroatoms. The number of nitrogens with one attached hydrogen (secondary N) is 1. The number of methoxy groups -OCH3 is 1. The highest BCUT2D eigenvalue weighted by atomic mass is 16.5. The fourth-order valence-corrected chi connectivity index (χ4v) is 2.98. The summed E-state index contributed by atoms with van der Waals surface area (Å²) in [6.07, 6.45) is 4.13. The SMILES string of the molecule is COc1ccc(/C=C/C(=O)NCCOc2cccc3c2OC(C)(C)C3)cc1. The summed E-state index contributed by atoms with van der Waals surface area (Å²) < 4.78 is 16.9. The van der Waals surface area contributed by atoms with Gasteiger partial charge in [-0.25, -0.2) is 0 Å². The molecule has 1 aliphatic heterocycles. The number of para-hydroxylation sites is 1. The topological polar surface area (TPSA) is 56.8 Å². The van der Waals surface area contributed by atoms with Crippen LogP contribution in [-0.4, -0.2) is 31.8 Å². The van der Waals surface area contributed by atoms with E-state index < -0.39 is 0 Å². The summed E-state index contributed by atoms with van der Waals surface area (Å²) in [6.45, 7) is 4.92. The molecule has 2 aromatic rings. The molecule has 0 bridgehead atoms. The Bertz CT molecular complexity index is 825. The van der Waals surface area contributed by atoms with Crippen LogP contribution in [-0.2, 0) is 11.2 Å². The van der Waals surface area contributed by atoms with E-state index in [-0.39, 0.29) is 11.5 Å². The van der Waals surface area contributed by atoms with Crippen molar-refractivity contribution >= 4 is 12.0 Å². The molecular weight excluding hydrogens is 342 g/mol. The lowest BCUT2D eigenvalue weighted by Gasteiger charge is -2.18. The first-order chi connectivity index (χ1) is 13.0. The number of rotatable bonds is 7. The lowest BCUT2D eigenvalue weighted by Crippen LogP contribution is -2.26. The Morgan fingerprint density at radius 1 is 1.22 bits per heavy atom. The van der Waals surface area contributed by atoms with Crippen LogP contribution in [0.25, 0.3) is 6.08 Å². The number of hydrogen-bond donors (Lipinski definition) is 1. The van der Waals surface area contributed by atoms with Gasteiger partial charge in [0.1, 0.15) is 18.0 Å². The Morgan fingerprint density at radius 3 is 2.74 bits per heavy atom. The van der Waals surface area contributed by atoms with Crippen molar-refractivity contribution < 1.29 is 19.0 Å². The predicted molar refractivity (Wildman–Crippen MR) is 105 cm³/mol. The van der Waals surface area contributed by atoms with Gasteiger partial charge in [-0.2, -0.15) is 0 Å². The molecule has 27 heavy (non-hydrogen) atoms. The molecule has 0 aliphatic carbocycles. The fraction of sp³-hybridized carbons (Fsp3) is 0.318. The number of carbonyl (C=O) groups excluding carboxylic acids is 1. The smallest absolute Gasteiger partial charge is 0.244 e. The summed E-state index contributed by atoms with van der Waals surface area (Å²) >= 11 is 0. The number of fused-ring (bicyclic) bond motifs is 1. The molecular formula is C22H25NO4. The molecule has 1 heterocycles. The van der Waals surface area contributed by atoms with Crippen molar-refractivity contribution in [3.8, 4) is 17.2 Å². The fourth-order valence-electron chi connectivity index (χ4n) is 2.98. The van der Waals surface area contributed by atoms with Crippen molar-refractivity contribution in [2.45, 2.75) is 25.9 Å². The molecule has 0 saturated carbocycles. The maximum atomic E-state index is 11.9. The van der Waals surface area contributed by atoms with E-state index >= 15 is 0 Å². The molecule has 0 spiro atoms. The van der Waals surface area contributed by atoms with Gasteiger partial charge in [0.2, 0.25) is 5.91 Å². The van der Waals surface area contributed by atoms with Crippen LogP contribution in [0.4, 0.5) is 0 Å². The zero-order valence-electron chi connectivity index (χ0n) is 16.0. The molecule has 0 unspecified atom stereocenters. The van der Waals surface area contributed by atoms with Crippen LogP contribution in [0.3, 0.4) is 0 Å². The summed E-state index contributed by atoms with van der Waals surface area (Å²) in [7, 11) is 1.62. The van der Waals surface area contributed by atoms with E-state index in [1.807, 2.05) is 36.4 Å². The van der Waals surface area contributed by atoms with Crippen molar-refractivity contribution in [3.63, 3.8) is 0 Å². The Balaban J connectivity index is 1.45. The number of ether oxygens (including phenoxy) is 3. The van der Waals surface area contributed by atoms with Gasteiger partial charge in [0.15, 0.2) is 11.5 Å². The molecule has 0 aromatic heterocycles. The minimum absolute atomic E-state index is 0.162. The number of benzene rings is 2. The van der Waals surface area contributed by atoms with Gasteiger partial charge in [0, 0.05) is 18.1 Å². The molecule has 0 fully saturated rings. The third-order valence-corrected chi connectivity index (χ3v) is 4.26. The summed E-state index contributed by atoms with van der Waals surface area (Å²) in [6, 6.07) is 13.4. The zero-order chi connectivity index (χ0) is 19.3. The average molecular weight is 367 g/mol. The van der Waals surface area contributed by atoms with Gasteiger partial charge in [-0.3, -0.25) is 4.79 Å². The van der Waals surface area contributed by atoms with Crippen molar-refractivity contribution in [3.05, 3.63) is 59.7 Å². The van der Waals surface area contributed by atoms with Gasteiger partial charge < -0.3 is 19.5 Å².